The highest BCUT2D eigenvalue weighted by Gasteiger charge is 2.23. The number of aryl methyl sites for hydroxylation is 2. The average Bonchev–Trinajstić information content (AvgIpc) is 3.03. The molecule has 0 heterocycles. The van der Waals surface area contributed by atoms with Crippen molar-refractivity contribution in [3.8, 4) is 0 Å². The molecule has 5 nitrogen and oxygen atoms in total. The summed E-state index contributed by atoms with van der Waals surface area (Å²) in [7, 11) is -3.53. The lowest BCUT2D eigenvalue weighted by molar-refractivity contribution is -0.119. The largest absolute Gasteiger partial charge is 0.354 e. The number of hydrogen-bond acceptors (Lipinski definition) is 4. The van der Waals surface area contributed by atoms with Crippen LogP contribution in [0.15, 0.2) is 18.2 Å². The first-order valence-electron chi connectivity index (χ1n) is 8.71. The van der Waals surface area contributed by atoms with Crippen molar-refractivity contribution in [2.45, 2.75) is 44.8 Å². The van der Waals surface area contributed by atoms with Gasteiger partial charge in [0.1, 0.15) is 6.54 Å². The third kappa shape index (κ3) is 5.92. The molecule has 2 rings (SSSR count). The summed E-state index contributed by atoms with van der Waals surface area (Å²) in [6, 6.07) is 5.60. The summed E-state index contributed by atoms with van der Waals surface area (Å²) in [4.78, 5) is 12.3. The SMILES string of the molecule is Cc1cccc(C)c1N(CC(=O)NCCSC1CCCC1)S(C)(=O)=O. The number of amides is 1. The van der Waals surface area contributed by atoms with Gasteiger partial charge in [-0.2, -0.15) is 11.8 Å². The highest BCUT2D eigenvalue weighted by molar-refractivity contribution is 7.99. The molecule has 1 N–H and O–H groups in total. The summed E-state index contributed by atoms with van der Waals surface area (Å²) in [6.07, 6.45) is 6.30. The van der Waals surface area contributed by atoms with Crippen LogP contribution in [0.5, 0.6) is 0 Å². The molecule has 140 valence electrons. The van der Waals surface area contributed by atoms with Crippen LogP contribution in [0.25, 0.3) is 0 Å². The fraction of sp³-hybridized carbons (Fsp3) is 0.611. The molecule has 0 aliphatic heterocycles. The van der Waals surface area contributed by atoms with Gasteiger partial charge in [-0.25, -0.2) is 8.42 Å². The molecule has 1 aliphatic carbocycles. The van der Waals surface area contributed by atoms with Gasteiger partial charge in [-0.15, -0.1) is 0 Å². The molecular formula is C18H28N2O3S2. The molecule has 1 aromatic rings. The number of para-hydroxylation sites is 1. The molecule has 0 radical (unpaired) electrons. The van der Waals surface area contributed by atoms with Crippen LogP contribution in [0, 0.1) is 13.8 Å². The van der Waals surface area contributed by atoms with Crippen LogP contribution >= 0.6 is 11.8 Å². The van der Waals surface area contributed by atoms with Gasteiger partial charge in [0.15, 0.2) is 0 Å². The second-order valence-corrected chi connectivity index (χ2v) is 9.95. The van der Waals surface area contributed by atoms with E-state index in [9.17, 15) is 13.2 Å². The van der Waals surface area contributed by atoms with Crippen molar-refractivity contribution in [1.82, 2.24) is 5.32 Å². The van der Waals surface area contributed by atoms with Crippen molar-refractivity contribution >= 4 is 33.4 Å². The van der Waals surface area contributed by atoms with Gasteiger partial charge < -0.3 is 5.32 Å². The average molecular weight is 385 g/mol. The number of nitrogens with zero attached hydrogens (tertiary/aromatic N) is 1. The summed E-state index contributed by atoms with van der Waals surface area (Å²) >= 11 is 1.91. The number of benzene rings is 1. The first-order valence-corrected chi connectivity index (χ1v) is 11.6. The number of hydrogen-bond donors (Lipinski definition) is 1. The molecule has 1 amide bonds. The van der Waals surface area contributed by atoms with Crippen molar-refractivity contribution < 1.29 is 13.2 Å². The summed E-state index contributed by atoms with van der Waals surface area (Å²) in [6.45, 7) is 4.11. The van der Waals surface area contributed by atoms with Crippen molar-refractivity contribution in [2.24, 2.45) is 0 Å². The minimum Gasteiger partial charge on any atom is -0.354 e. The fourth-order valence-electron chi connectivity index (χ4n) is 3.22. The van der Waals surface area contributed by atoms with Gasteiger partial charge in [-0.3, -0.25) is 9.10 Å². The zero-order valence-corrected chi connectivity index (χ0v) is 16.9. The van der Waals surface area contributed by atoms with E-state index in [1.165, 1.54) is 30.0 Å². The minimum atomic E-state index is -3.53. The van der Waals surface area contributed by atoms with Gasteiger partial charge in [-0.1, -0.05) is 31.0 Å². The Hall–Kier alpha value is -1.21. The van der Waals surface area contributed by atoms with Crippen LogP contribution in [0.3, 0.4) is 0 Å². The van der Waals surface area contributed by atoms with Crippen molar-refractivity contribution in [1.29, 1.82) is 0 Å². The quantitative estimate of drug-likeness (QED) is 0.700. The van der Waals surface area contributed by atoms with Gasteiger partial charge in [-0.05, 0) is 37.8 Å². The van der Waals surface area contributed by atoms with Crippen molar-refractivity contribution in [2.75, 3.05) is 29.4 Å². The molecule has 25 heavy (non-hydrogen) atoms. The lowest BCUT2D eigenvalue weighted by Crippen LogP contribution is -2.41. The molecular weight excluding hydrogens is 356 g/mol. The summed E-state index contributed by atoms with van der Waals surface area (Å²) in [5.41, 5.74) is 2.28. The first kappa shape index (κ1) is 20.1. The van der Waals surface area contributed by atoms with E-state index in [1.807, 2.05) is 43.8 Å². The molecule has 1 saturated carbocycles. The number of thioether (sulfide) groups is 1. The zero-order valence-electron chi connectivity index (χ0n) is 15.2. The Kier molecular flexibility index (Phi) is 7.19. The van der Waals surface area contributed by atoms with Crippen LogP contribution in [0.1, 0.15) is 36.8 Å². The summed E-state index contributed by atoms with van der Waals surface area (Å²) in [5, 5.41) is 3.57. The fourth-order valence-corrected chi connectivity index (χ4v) is 5.41. The number of sulfonamides is 1. The molecule has 7 heteroatoms. The van der Waals surface area contributed by atoms with E-state index in [0.717, 1.165) is 28.4 Å². The molecule has 0 spiro atoms. The Bertz CT molecular complexity index is 678. The van der Waals surface area contributed by atoms with Gasteiger partial charge in [0, 0.05) is 17.5 Å². The second kappa shape index (κ2) is 8.94. The molecule has 1 fully saturated rings. The molecule has 0 bridgehead atoms. The highest BCUT2D eigenvalue weighted by Crippen LogP contribution is 2.29. The van der Waals surface area contributed by atoms with Gasteiger partial charge in [0.2, 0.25) is 15.9 Å². The third-order valence-corrected chi connectivity index (χ3v) is 6.95. The molecule has 1 aromatic carbocycles. The van der Waals surface area contributed by atoms with Crippen LogP contribution < -0.4 is 9.62 Å². The zero-order chi connectivity index (χ0) is 18.4. The highest BCUT2D eigenvalue weighted by atomic mass is 32.2. The third-order valence-electron chi connectivity index (χ3n) is 4.46. The van der Waals surface area contributed by atoms with E-state index in [4.69, 9.17) is 0 Å². The van der Waals surface area contributed by atoms with Crippen LogP contribution in [-0.4, -0.2) is 44.7 Å². The van der Waals surface area contributed by atoms with Gasteiger partial charge in [0.25, 0.3) is 0 Å². The minimum absolute atomic E-state index is 0.182. The summed E-state index contributed by atoms with van der Waals surface area (Å²) < 4.78 is 25.6. The molecule has 0 atom stereocenters. The Balaban J connectivity index is 1.94. The second-order valence-electron chi connectivity index (χ2n) is 6.64. The van der Waals surface area contributed by atoms with E-state index >= 15 is 0 Å². The number of nitrogens with one attached hydrogen (secondary N) is 1. The van der Waals surface area contributed by atoms with E-state index in [2.05, 4.69) is 5.32 Å². The van der Waals surface area contributed by atoms with Gasteiger partial charge in [0.05, 0.1) is 11.9 Å². The van der Waals surface area contributed by atoms with Gasteiger partial charge >= 0.3 is 0 Å². The van der Waals surface area contributed by atoms with E-state index in [-0.39, 0.29) is 12.5 Å². The standard InChI is InChI=1S/C18H28N2O3S2/c1-14-7-6-8-15(2)18(14)20(25(3,22)23)13-17(21)19-11-12-24-16-9-4-5-10-16/h6-8,16H,4-5,9-13H2,1-3H3,(H,19,21). The number of rotatable bonds is 8. The van der Waals surface area contributed by atoms with Crippen LogP contribution in [0.4, 0.5) is 5.69 Å². The predicted molar refractivity (Wildman–Crippen MR) is 106 cm³/mol. The maximum absolute atomic E-state index is 12.3. The topological polar surface area (TPSA) is 66.5 Å². The molecule has 0 saturated heterocycles. The molecule has 0 unspecified atom stereocenters. The van der Waals surface area contributed by atoms with Crippen molar-refractivity contribution in [3.63, 3.8) is 0 Å². The van der Waals surface area contributed by atoms with E-state index in [0.29, 0.717) is 12.2 Å². The summed E-state index contributed by atoms with van der Waals surface area (Å²) in [5.74, 6) is 0.610. The predicted octanol–water partition coefficient (Wildman–Crippen LogP) is 2.86. The van der Waals surface area contributed by atoms with Crippen LogP contribution in [-0.2, 0) is 14.8 Å². The normalized spacial score (nSPS) is 15.3. The maximum atomic E-state index is 12.3. The van der Waals surface area contributed by atoms with E-state index < -0.39 is 10.0 Å². The lowest BCUT2D eigenvalue weighted by Gasteiger charge is -2.25. The first-order chi connectivity index (χ1) is 11.8. The van der Waals surface area contributed by atoms with Crippen molar-refractivity contribution in [3.05, 3.63) is 29.3 Å². The smallest absolute Gasteiger partial charge is 0.240 e. The molecule has 1 aliphatic rings. The molecule has 0 aromatic heterocycles. The Labute approximate surface area is 155 Å². The van der Waals surface area contributed by atoms with Crippen LogP contribution in [0.2, 0.25) is 0 Å². The Morgan fingerprint density at radius 2 is 1.84 bits per heavy atom. The Morgan fingerprint density at radius 3 is 2.40 bits per heavy atom. The Morgan fingerprint density at radius 1 is 1.24 bits per heavy atom. The number of carbonyl (C=O) groups excluding carboxylic acids is 1. The monoisotopic (exact) mass is 384 g/mol. The number of anilines is 1. The maximum Gasteiger partial charge on any atom is 0.240 e. The van der Waals surface area contributed by atoms with E-state index in [1.54, 1.807) is 0 Å². The lowest BCUT2D eigenvalue weighted by atomic mass is 10.1. The number of carbonyl (C=O) groups is 1.